The fourth-order valence-electron chi connectivity index (χ4n) is 5.64. The molecule has 11 heteroatoms. The summed E-state index contributed by atoms with van der Waals surface area (Å²) >= 11 is 0. The molecule has 0 saturated heterocycles. The first-order chi connectivity index (χ1) is 15.2. The predicted octanol–water partition coefficient (Wildman–Crippen LogP) is 5.01. The third-order valence-electron chi connectivity index (χ3n) is 7.46. The molecule has 0 radical (unpaired) electrons. The quantitative estimate of drug-likeness (QED) is 0.595. The minimum absolute atomic E-state index is 0.126. The van der Waals surface area contributed by atoms with E-state index in [1.54, 1.807) is 0 Å². The first-order valence-electron chi connectivity index (χ1n) is 10.7. The second kappa shape index (κ2) is 7.87. The number of nitrogens with one attached hydrogen (secondary N) is 1. The zero-order chi connectivity index (χ0) is 24.3. The van der Waals surface area contributed by atoms with Crippen molar-refractivity contribution in [1.29, 1.82) is 0 Å². The monoisotopic (exact) mass is 481 g/mol. The van der Waals surface area contributed by atoms with Crippen LogP contribution in [0.4, 0.5) is 30.7 Å². The minimum atomic E-state index is -6.16. The highest BCUT2D eigenvalue weighted by atomic mass is 19.4. The van der Waals surface area contributed by atoms with Gasteiger partial charge in [-0.3, -0.25) is 9.59 Å². The van der Waals surface area contributed by atoms with Crippen molar-refractivity contribution in [3.05, 3.63) is 34.9 Å². The average Bonchev–Trinajstić information content (AvgIpc) is 3.11. The van der Waals surface area contributed by atoms with E-state index in [0.29, 0.717) is 49.8 Å². The number of hydrogen-bond acceptors (Lipinski definition) is 2. The molecule has 3 atom stereocenters. The fourth-order valence-corrected chi connectivity index (χ4v) is 5.64. The van der Waals surface area contributed by atoms with Crippen molar-refractivity contribution in [1.82, 2.24) is 5.32 Å². The maximum atomic E-state index is 14.4. The lowest BCUT2D eigenvalue weighted by atomic mass is 9.73. The van der Waals surface area contributed by atoms with Gasteiger partial charge < -0.3 is 10.4 Å². The van der Waals surface area contributed by atoms with Crippen molar-refractivity contribution < 1.29 is 45.4 Å². The summed E-state index contributed by atoms with van der Waals surface area (Å²) < 4.78 is 93.1. The number of aryl methyl sites for hydroxylation is 1. The Kier molecular flexibility index (Phi) is 5.68. The Hall–Kier alpha value is -2.33. The number of rotatable bonds is 4. The highest BCUT2D eigenvalue weighted by Crippen LogP contribution is 2.55. The van der Waals surface area contributed by atoms with E-state index in [1.165, 1.54) is 0 Å². The number of halogens is 7. The van der Waals surface area contributed by atoms with Crippen molar-refractivity contribution in [2.75, 3.05) is 0 Å². The molecule has 4 nitrogen and oxygen atoms in total. The van der Waals surface area contributed by atoms with Gasteiger partial charge in [-0.2, -0.15) is 26.3 Å². The number of aliphatic carboxylic acids is 1. The molecule has 2 N–H and O–H groups in total. The maximum absolute atomic E-state index is 14.4. The number of benzene rings is 1. The van der Waals surface area contributed by atoms with Crippen molar-refractivity contribution in [2.24, 2.45) is 17.8 Å². The maximum Gasteiger partial charge on any atom is 0.435 e. The molecule has 1 amide bonds. The topological polar surface area (TPSA) is 66.4 Å². The van der Waals surface area contributed by atoms with Crippen LogP contribution in [0.1, 0.15) is 54.7 Å². The lowest BCUT2D eigenvalue weighted by molar-refractivity contribution is -0.348. The molecule has 3 aliphatic rings. The van der Waals surface area contributed by atoms with Gasteiger partial charge >= 0.3 is 24.0 Å². The van der Waals surface area contributed by atoms with Gasteiger partial charge in [0, 0.05) is 17.5 Å². The predicted molar refractivity (Wildman–Crippen MR) is 101 cm³/mol. The van der Waals surface area contributed by atoms with Gasteiger partial charge in [0.1, 0.15) is 0 Å². The van der Waals surface area contributed by atoms with Gasteiger partial charge in [-0.05, 0) is 61.5 Å². The van der Waals surface area contributed by atoms with Gasteiger partial charge in [-0.15, -0.1) is 0 Å². The van der Waals surface area contributed by atoms with E-state index in [0.717, 1.165) is 6.07 Å². The first-order valence-corrected chi connectivity index (χ1v) is 10.7. The van der Waals surface area contributed by atoms with E-state index in [9.17, 15) is 40.3 Å². The number of carbonyl (C=O) groups excluding carboxylic acids is 1. The Morgan fingerprint density at radius 2 is 1.58 bits per heavy atom. The number of alkyl halides is 7. The molecule has 0 bridgehead atoms. The summed E-state index contributed by atoms with van der Waals surface area (Å²) in [5, 5.41) is 11.8. The van der Waals surface area contributed by atoms with Gasteiger partial charge in [0.15, 0.2) is 0 Å². The summed E-state index contributed by atoms with van der Waals surface area (Å²) in [7, 11) is 0. The Morgan fingerprint density at radius 3 is 2.15 bits per heavy atom. The van der Waals surface area contributed by atoms with Crippen LogP contribution in [0.2, 0.25) is 0 Å². The fraction of sp³-hybridized carbons (Fsp3) is 0.636. The highest BCUT2D eigenvalue weighted by Gasteiger charge is 2.73. The van der Waals surface area contributed by atoms with Crippen LogP contribution in [0, 0.1) is 17.8 Å². The largest absolute Gasteiger partial charge is 0.481 e. The molecule has 0 spiro atoms. The SMILES string of the molecule is O=C(O)C1CC(NC(=O)[C@@H]2CCC3c4ccc(C(F)(C(F)(F)F)C(F)(F)F)cc4CCC32)C1. The normalized spacial score (nSPS) is 29.6. The molecular formula is C22H22F7NO3. The van der Waals surface area contributed by atoms with Gasteiger partial charge in [0.25, 0.3) is 0 Å². The molecule has 2 fully saturated rings. The number of carboxylic acids is 1. The van der Waals surface area contributed by atoms with Crippen molar-refractivity contribution >= 4 is 11.9 Å². The van der Waals surface area contributed by atoms with Gasteiger partial charge in [-0.25, -0.2) is 4.39 Å². The van der Waals surface area contributed by atoms with Gasteiger partial charge in [0.2, 0.25) is 5.91 Å². The zero-order valence-corrected chi connectivity index (χ0v) is 17.3. The standard InChI is InChI=1S/C22H22F7NO3/c23-20(21(24,25)26,22(27,28)29)12-2-4-14-10(7-12)1-3-16-15(14)5-6-17(16)18(31)30-13-8-11(9-13)19(32)33/h2,4,7,11,13,15-17H,1,3,5-6,8-9H2,(H,30,31)(H,32,33)/t11?,13?,15?,16?,17-/m1/s1. The van der Waals surface area contributed by atoms with Crippen LogP contribution in [0.15, 0.2) is 18.2 Å². The van der Waals surface area contributed by atoms with Crippen LogP contribution in [0.25, 0.3) is 0 Å². The minimum Gasteiger partial charge on any atom is -0.481 e. The van der Waals surface area contributed by atoms with E-state index in [4.69, 9.17) is 5.11 Å². The van der Waals surface area contributed by atoms with E-state index in [2.05, 4.69) is 5.32 Å². The Bertz CT molecular complexity index is 938. The third kappa shape index (κ3) is 3.86. The molecule has 0 aliphatic heterocycles. The van der Waals surface area contributed by atoms with Crippen molar-refractivity contribution in [3.63, 3.8) is 0 Å². The zero-order valence-electron chi connectivity index (χ0n) is 17.3. The van der Waals surface area contributed by atoms with Crippen LogP contribution in [-0.2, 0) is 21.7 Å². The summed E-state index contributed by atoms with van der Waals surface area (Å²) in [5.74, 6) is -2.28. The van der Waals surface area contributed by atoms with Gasteiger partial charge in [0.05, 0.1) is 5.92 Å². The number of fused-ring (bicyclic) bond motifs is 3. The van der Waals surface area contributed by atoms with Crippen LogP contribution < -0.4 is 5.32 Å². The average molecular weight is 481 g/mol. The molecule has 4 rings (SSSR count). The number of carboxylic acid groups (broad SMARTS) is 1. The highest BCUT2D eigenvalue weighted by molar-refractivity contribution is 5.80. The summed E-state index contributed by atoms with van der Waals surface area (Å²) in [6.45, 7) is 0. The lowest BCUT2D eigenvalue weighted by Crippen LogP contribution is -2.50. The van der Waals surface area contributed by atoms with E-state index < -0.39 is 35.5 Å². The summed E-state index contributed by atoms with van der Waals surface area (Å²) in [5.41, 5.74) is -6.13. The van der Waals surface area contributed by atoms with E-state index >= 15 is 0 Å². The van der Waals surface area contributed by atoms with E-state index in [-0.39, 0.29) is 41.7 Å². The summed E-state index contributed by atoms with van der Waals surface area (Å²) in [4.78, 5) is 23.6. The summed E-state index contributed by atoms with van der Waals surface area (Å²) in [6, 6.07) is 2.14. The van der Waals surface area contributed by atoms with E-state index in [1.807, 2.05) is 0 Å². The van der Waals surface area contributed by atoms with Crippen LogP contribution in [0.3, 0.4) is 0 Å². The van der Waals surface area contributed by atoms with Crippen LogP contribution >= 0.6 is 0 Å². The first kappa shape index (κ1) is 23.8. The molecule has 182 valence electrons. The molecule has 2 saturated carbocycles. The third-order valence-corrected chi connectivity index (χ3v) is 7.46. The molecule has 0 heterocycles. The Morgan fingerprint density at radius 1 is 0.939 bits per heavy atom. The van der Waals surface area contributed by atoms with Crippen LogP contribution in [-0.4, -0.2) is 35.4 Å². The molecule has 1 aromatic carbocycles. The lowest BCUT2D eigenvalue weighted by Gasteiger charge is -2.36. The van der Waals surface area contributed by atoms with Crippen molar-refractivity contribution in [3.8, 4) is 0 Å². The number of amides is 1. The number of carbonyl (C=O) groups is 2. The molecule has 1 aromatic rings. The smallest absolute Gasteiger partial charge is 0.435 e. The van der Waals surface area contributed by atoms with Crippen LogP contribution in [0.5, 0.6) is 0 Å². The summed E-state index contributed by atoms with van der Waals surface area (Å²) in [6.07, 6.45) is -10.0. The number of hydrogen-bond donors (Lipinski definition) is 2. The second-order valence-electron chi connectivity index (χ2n) is 9.27. The molecule has 3 aliphatic carbocycles. The Balaban J connectivity index is 1.51. The Labute approximate surface area is 184 Å². The second-order valence-corrected chi connectivity index (χ2v) is 9.27. The molecule has 2 unspecified atom stereocenters. The molecule has 33 heavy (non-hydrogen) atoms. The molecule has 0 aromatic heterocycles. The van der Waals surface area contributed by atoms with Crippen molar-refractivity contribution in [2.45, 2.75) is 68.5 Å². The van der Waals surface area contributed by atoms with Gasteiger partial charge in [-0.1, -0.05) is 18.2 Å². The molecular weight excluding hydrogens is 459 g/mol.